The Labute approximate surface area is 129 Å². The summed E-state index contributed by atoms with van der Waals surface area (Å²) in [6.07, 6.45) is 4.42. The number of anilines is 1. The monoisotopic (exact) mass is 299 g/mol. The summed E-state index contributed by atoms with van der Waals surface area (Å²) in [6, 6.07) is 9.21. The molecule has 0 saturated carbocycles. The zero-order chi connectivity index (χ0) is 15.1. The fraction of sp³-hybridized carbons (Fsp3) is 0.529. The average molecular weight is 299 g/mol. The van der Waals surface area contributed by atoms with E-state index in [1.165, 1.54) is 0 Å². The number of likely N-dealkylation sites (tertiary alicyclic amines) is 1. The Morgan fingerprint density at radius 2 is 1.95 bits per heavy atom. The van der Waals surface area contributed by atoms with Crippen LogP contribution in [-0.2, 0) is 4.79 Å². The number of hydrogen-bond acceptors (Lipinski definition) is 4. The minimum absolute atomic E-state index is 0.187. The third-order valence-corrected chi connectivity index (χ3v) is 4.98. The molecule has 4 rings (SSSR count). The summed E-state index contributed by atoms with van der Waals surface area (Å²) in [7, 11) is 0. The fourth-order valence-electron chi connectivity index (χ4n) is 4.00. The molecule has 1 aromatic heterocycles. The predicted octanol–water partition coefficient (Wildman–Crippen LogP) is 2.81. The Morgan fingerprint density at radius 3 is 2.77 bits per heavy atom. The molecule has 116 valence electrons. The molecular weight excluding hydrogens is 278 g/mol. The van der Waals surface area contributed by atoms with Gasteiger partial charge in [0.2, 0.25) is 5.91 Å². The quantitative estimate of drug-likeness (QED) is 0.855. The molecular formula is C17H21N3O2. The van der Waals surface area contributed by atoms with Crippen LogP contribution in [0.5, 0.6) is 0 Å². The highest BCUT2D eigenvalue weighted by Crippen LogP contribution is 2.34. The van der Waals surface area contributed by atoms with Gasteiger partial charge in [-0.25, -0.2) is 0 Å². The van der Waals surface area contributed by atoms with Crippen molar-refractivity contribution in [1.82, 2.24) is 9.88 Å². The fourth-order valence-corrected chi connectivity index (χ4v) is 4.00. The number of rotatable bonds is 2. The van der Waals surface area contributed by atoms with Crippen molar-refractivity contribution in [2.45, 2.75) is 44.7 Å². The van der Waals surface area contributed by atoms with Gasteiger partial charge in [0.15, 0.2) is 5.58 Å². The zero-order valence-corrected chi connectivity index (χ0v) is 12.9. The lowest BCUT2D eigenvalue weighted by atomic mass is 10.0. The van der Waals surface area contributed by atoms with Crippen LogP contribution >= 0.6 is 0 Å². The SMILES string of the molecule is CC(=O)N1CCC[C@H]1[C@H]1CCCN1c1nc2ccccc2o1. The zero-order valence-electron chi connectivity index (χ0n) is 12.9. The molecule has 0 aliphatic carbocycles. The molecule has 1 aromatic carbocycles. The van der Waals surface area contributed by atoms with Gasteiger partial charge in [-0.05, 0) is 37.8 Å². The maximum Gasteiger partial charge on any atom is 0.298 e. The first kappa shape index (κ1) is 13.6. The second-order valence-corrected chi connectivity index (χ2v) is 6.29. The lowest BCUT2D eigenvalue weighted by Gasteiger charge is -2.33. The van der Waals surface area contributed by atoms with Crippen LogP contribution in [0.3, 0.4) is 0 Å². The first-order valence-electron chi connectivity index (χ1n) is 8.13. The van der Waals surface area contributed by atoms with E-state index in [-0.39, 0.29) is 5.91 Å². The summed E-state index contributed by atoms with van der Waals surface area (Å²) in [4.78, 5) is 20.8. The minimum atomic E-state index is 0.187. The summed E-state index contributed by atoms with van der Waals surface area (Å²) in [5.74, 6) is 0.187. The predicted molar refractivity (Wildman–Crippen MR) is 84.8 cm³/mol. The summed E-state index contributed by atoms with van der Waals surface area (Å²) in [5.41, 5.74) is 1.73. The second-order valence-electron chi connectivity index (χ2n) is 6.29. The Balaban J connectivity index is 1.64. The number of hydrogen-bond donors (Lipinski definition) is 0. The molecule has 2 fully saturated rings. The van der Waals surface area contributed by atoms with Crippen LogP contribution in [0.4, 0.5) is 6.01 Å². The van der Waals surface area contributed by atoms with Gasteiger partial charge in [-0.2, -0.15) is 4.98 Å². The van der Waals surface area contributed by atoms with Crippen LogP contribution < -0.4 is 4.90 Å². The lowest BCUT2D eigenvalue weighted by Crippen LogP contribution is -2.47. The highest BCUT2D eigenvalue weighted by Gasteiger charge is 2.40. The van der Waals surface area contributed by atoms with E-state index >= 15 is 0 Å². The molecule has 5 nitrogen and oxygen atoms in total. The van der Waals surface area contributed by atoms with Crippen LogP contribution in [0.2, 0.25) is 0 Å². The summed E-state index contributed by atoms with van der Waals surface area (Å²) in [5, 5.41) is 0. The molecule has 3 heterocycles. The van der Waals surface area contributed by atoms with Crippen molar-refractivity contribution in [3.63, 3.8) is 0 Å². The molecule has 0 spiro atoms. The van der Waals surface area contributed by atoms with E-state index in [0.29, 0.717) is 18.1 Å². The molecule has 5 heteroatoms. The van der Waals surface area contributed by atoms with Gasteiger partial charge in [0.1, 0.15) is 5.52 Å². The molecule has 2 aliphatic rings. The number of amides is 1. The highest BCUT2D eigenvalue weighted by molar-refractivity contribution is 5.75. The van der Waals surface area contributed by atoms with E-state index in [1.807, 2.05) is 29.2 Å². The van der Waals surface area contributed by atoms with E-state index in [2.05, 4.69) is 9.88 Å². The smallest absolute Gasteiger partial charge is 0.298 e. The van der Waals surface area contributed by atoms with Gasteiger partial charge in [-0.15, -0.1) is 0 Å². The maximum absolute atomic E-state index is 11.9. The first-order chi connectivity index (χ1) is 10.7. The third kappa shape index (κ3) is 2.16. The van der Waals surface area contributed by atoms with Crippen LogP contribution in [0.1, 0.15) is 32.6 Å². The Kier molecular flexibility index (Phi) is 3.28. The van der Waals surface area contributed by atoms with Gasteiger partial charge in [-0.3, -0.25) is 4.79 Å². The van der Waals surface area contributed by atoms with E-state index in [4.69, 9.17) is 4.42 Å². The molecule has 0 N–H and O–H groups in total. The van der Waals surface area contributed by atoms with Crippen molar-refractivity contribution >= 4 is 23.0 Å². The summed E-state index contributed by atoms with van der Waals surface area (Å²) >= 11 is 0. The van der Waals surface area contributed by atoms with Crippen molar-refractivity contribution in [2.75, 3.05) is 18.0 Å². The maximum atomic E-state index is 11.9. The highest BCUT2D eigenvalue weighted by atomic mass is 16.4. The van der Waals surface area contributed by atoms with Crippen LogP contribution in [-0.4, -0.2) is 41.0 Å². The standard InChI is InChI=1S/C17H21N3O2/c1-12(21)19-10-4-7-14(19)15-8-5-11-20(15)17-18-13-6-2-3-9-16(13)22-17/h2-3,6,9,14-15H,4-5,7-8,10-11H2,1H3/t14-,15+/m0/s1. The van der Waals surface area contributed by atoms with Crippen molar-refractivity contribution < 1.29 is 9.21 Å². The Hall–Kier alpha value is -2.04. The van der Waals surface area contributed by atoms with E-state index in [9.17, 15) is 4.79 Å². The van der Waals surface area contributed by atoms with Gasteiger partial charge < -0.3 is 14.2 Å². The lowest BCUT2D eigenvalue weighted by molar-refractivity contribution is -0.129. The van der Waals surface area contributed by atoms with Crippen molar-refractivity contribution in [3.8, 4) is 0 Å². The van der Waals surface area contributed by atoms with E-state index < -0.39 is 0 Å². The minimum Gasteiger partial charge on any atom is -0.423 e. The number of carbonyl (C=O) groups is 1. The van der Waals surface area contributed by atoms with E-state index in [0.717, 1.165) is 49.9 Å². The van der Waals surface area contributed by atoms with Crippen molar-refractivity contribution in [1.29, 1.82) is 0 Å². The van der Waals surface area contributed by atoms with Crippen LogP contribution in [0.15, 0.2) is 28.7 Å². The number of benzene rings is 1. The third-order valence-electron chi connectivity index (χ3n) is 4.98. The molecule has 0 radical (unpaired) electrons. The number of fused-ring (bicyclic) bond motifs is 1. The number of oxazole rings is 1. The molecule has 0 unspecified atom stereocenters. The van der Waals surface area contributed by atoms with Gasteiger partial charge in [0.25, 0.3) is 6.01 Å². The number of aromatic nitrogens is 1. The normalized spacial score (nSPS) is 25.3. The van der Waals surface area contributed by atoms with Gasteiger partial charge >= 0.3 is 0 Å². The largest absolute Gasteiger partial charge is 0.423 e. The molecule has 22 heavy (non-hydrogen) atoms. The molecule has 1 amide bonds. The topological polar surface area (TPSA) is 49.6 Å². The molecule has 2 saturated heterocycles. The summed E-state index contributed by atoms with van der Waals surface area (Å²) in [6.45, 7) is 3.52. The first-order valence-corrected chi connectivity index (χ1v) is 8.13. The Morgan fingerprint density at radius 1 is 1.18 bits per heavy atom. The number of nitrogens with zero attached hydrogens (tertiary/aromatic N) is 3. The second kappa shape index (κ2) is 5.30. The van der Waals surface area contributed by atoms with E-state index in [1.54, 1.807) is 6.92 Å². The van der Waals surface area contributed by atoms with Gasteiger partial charge in [0, 0.05) is 20.0 Å². The molecule has 2 aliphatic heterocycles. The molecule has 2 atom stereocenters. The molecule has 0 bridgehead atoms. The van der Waals surface area contributed by atoms with Crippen LogP contribution in [0.25, 0.3) is 11.1 Å². The number of carbonyl (C=O) groups excluding carboxylic acids is 1. The number of para-hydroxylation sites is 2. The Bertz CT molecular complexity index is 663. The summed E-state index contributed by atoms with van der Waals surface area (Å²) < 4.78 is 5.95. The van der Waals surface area contributed by atoms with Crippen molar-refractivity contribution in [3.05, 3.63) is 24.3 Å². The van der Waals surface area contributed by atoms with Gasteiger partial charge in [-0.1, -0.05) is 12.1 Å². The van der Waals surface area contributed by atoms with Crippen LogP contribution in [0, 0.1) is 0 Å². The van der Waals surface area contributed by atoms with Gasteiger partial charge in [0.05, 0.1) is 12.1 Å². The average Bonchev–Trinajstić information content (AvgIpc) is 3.24. The van der Waals surface area contributed by atoms with Crippen molar-refractivity contribution in [2.24, 2.45) is 0 Å². The molecule has 2 aromatic rings.